The van der Waals surface area contributed by atoms with Crippen molar-refractivity contribution in [3.8, 4) is 0 Å². The van der Waals surface area contributed by atoms with E-state index in [1.54, 1.807) is 9.80 Å². The number of aryl methyl sites for hydroxylation is 1. The highest BCUT2D eigenvalue weighted by Crippen LogP contribution is 2.24. The Bertz CT molecular complexity index is 2100. The smallest absolute Gasteiger partial charge is 0.321 e. The number of amides is 3. The van der Waals surface area contributed by atoms with Crippen LogP contribution in [0.25, 0.3) is 0 Å². The van der Waals surface area contributed by atoms with Gasteiger partial charge in [0.15, 0.2) is 0 Å². The van der Waals surface area contributed by atoms with Gasteiger partial charge in [0.05, 0.1) is 34.3 Å². The normalized spacial score (nSPS) is 15.2. The van der Waals surface area contributed by atoms with Crippen LogP contribution in [0.2, 0.25) is 0 Å². The third-order valence-corrected chi connectivity index (χ3v) is 11.8. The van der Waals surface area contributed by atoms with Gasteiger partial charge >= 0.3 is 6.03 Å². The standard InChI is InChI=1S/C39H49N7O9S2/c1-26(2)21-44(57(52,53)36-16-15-33(55-36)20-40-54-24-30-11-13-32(14-12-30)46(50)51)23-35(47)34(19-29-9-7-6-8-10-29)42-38(48)37(27(3)4)45-18-17-43(39(45)49)22-31-25-56-28(5)41-31/h6-16,20,25-27,34-35,37,47H,17-19,21-24H2,1-5H3,(H,42,48)/t34-,35+,37?/m0/s1. The molecule has 1 fully saturated rings. The van der Waals surface area contributed by atoms with Crippen LogP contribution in [0.4, 0.5) is 10.5 Å². The Labute approximate surface area is 336 Å². The Balaban J connectivity index is 1.30. The largest absolute Gasteiger partial charge is 0.442 e. The van der Waals surface area contributed by atoms with Gasteiger partial charge < -0.3 is 29.5 Å². The Morgan fingerprint density at radius 1 is 1.09 bits per heavy atom. The number of furan rings is 1. The van der Waals surface area contributed by atoms with E-state index >= 15 is 0 Å². The second-order valence-electron chi connectivity index (χ2n) is 14.6. The van der Waals surface area contributed by atoms with Crippen molar-refractivity contribution >= 4 is 45.2 Å². The van der Waals surface area contributed by atoms with E-state index in [-0.39, 0.29) is 60.5 Å². The zero-order valence-corrected chi connectivity index (χ0v) is 34.2. The number of hydrogen-bond donors (Lipinski definition) is 2. The van der Waals surface area contributed by atoms with Crippen LogP contribution < -0.4 is 5.32 Å². The Morgan fingerprint density at radius 3 is 2.44 bits per heavy atom. The number of nitro groups is 1. The summed E-state index contributed by atoms with van der Waals surface area (Å²) >= 11 is 1.51. The molecule has 0 bridgehead atoms. The number of nitro benzene ring substituents is 1. The van der Waals surface area contributed by atoms with E-state index in [2.05, 4.69) is 15.5 Å². The molecule has 4 aromatic rings. The summed E-state index contributed by atoms with van der Waals surface area (Å²) in [4.78, 5) is 51.1. The van der Waals surface area contributed by atoms with Gasteiger partial charge in [-0.2, -0.15) is 4.31 Å². The maximum Gasteiger partial charge on any atom is 0.321 e. The fourth-order valence-corrected chi connectivity index (χ4v) is 8.65. The Morgan fingerprint density at radius 2 is 1.81 bits per heavy atom. The quantitative estimate of drug-likeness (QED) is 0.0678. The maximum absolute atomic E-state index is 14.2. The number of hydrogen-bond acceptors (Lipinski definition) is 12. The van der Waals surface area contributed by atoms with Crippen LogP contribution in [-0.2, 0) is 39.2 Å². The second-order valence-corrected chi connectivity index (χ2v) is 17.6. The second kappa shape index (κ2) is 19.3. The summed E-state index contributed by atoms with van der Waals surface area (Å²) in [6, 6.07) is 15.7. The molecule has 16 nitrogen and oxygen atoms in total. The van der Waals surface area contributed by atoms with Crippen molar-refractivity contribution in [1.29, 1.82) is 0 Å². The molecule has 3 heterocycles. The van der Waals surface area contributed by atoms with E-state index in [4.69, 9.17) is 9.25 Å². The van der Waals surface area contributed by atoms with Crippen molar-refractivity contribution in [3.63, 3.8) is 0 Å². The number of aliphatic hydroxyl groups excluding tert-OH is 1. The molecule has 0 saturated carbocycles. The molecule has 1 aliphatic heterocycles. The van der Waals surface area contributed by atoms with Gasteiger partial charge in [-0.3, -0.25) is 14.9 Å². The van der Waals surface area contributed by atoms with Crippen LogP contribution in [0.5, 0.6) is 0 Å². The summed E-state index contributed by atoms with van der Waals surface area (Å²) in [6.45, 7) is 10.1. The lowest BCUT2D eigenvalue weighted by atomic mass is 9.97. The van der Waals surface area contributed by atoms with Gasteiger partial charge in [0, 0.05) is 43.7 Å². The molecular weight excluding hydrogens is 775 g/mol. The number of sulfonamides is 1. The number of non-ortho nitro benzene ring substituents is 1. The average Bonchev–Trinajstić information content (AvgIpc) is 3.91. The predicted molar refractivity (Wildman–Crippen MR) is 214 cm³/mol. The van der Waals surface area contributed by atoms with E-state index in [0.29, 0.717) is 25.2 Å². The highest BCUT2D eigenvalue weighted by atomic mass is 32.2. The van der Waals surface area contributed by atoms with Crippen molar-refractivity contribution in [3.05, 3.63) is 110 Å². The Hall–Kier alpha value is -5.17. The van der Waals surface area contributed by atoms with Crippen LogP contribution in [0.1, 0.15) is 55.3 Å². The number of rotatable bonds is 20. The molecule has 0 spiro atoms. The highest BCUT2D eigenvalue weighted by molar-refractivity contribution is 7.89. The summed E-state index contributed by atoms with van der Waals surface area (Å²) in [5, 5.41) is 32.0. The van der Waals surface area contributed by atoms with E-state index in [1.807, 2.05) is 70.3 Å². The average molecular weight is 824 g/mol. The van der Waals surface area contributed by atoms with Gasteiger partial charge in [-0.15, -0.1) is 11.3 Å². The van der Waals surface area contributed by atoms with E-state index < -0.39 is 39.0 Å². The summed E-state index contributed by atoms with van der Waals surface area (Å²) < 4.78 is 34.9. The lowest BCUT2D eigenvalue weighted by Crippen LogP contribution is -2.57. The minimum atomic E-state index is -4.30. The Kier molecular flexibility index (Phi) is 14.6. The third-order valence-electron chi connectivity index (χ3n) is 9.26. The van der Waals surface area contributed by atoms with Crippen molar-refractivity contribution in [1.82, 2.24) is 24.4 Å². The first-order valence-electron chi connectivity index (χ1n) is 18.6. The first kappa shape index (κ1) is 43.0. The zero-order valence-electron chi connectivity index (χ0n) is 32.6. The molecule has 306 valence electrons. The van der Waals surface area contributed by atoms with Crippen LogP contribution >= 0.6 is 11.3 Å². The number of carbonyl (C=O) groups excluding carboxylic acids is 2. The molecule has 1 unspecified atom stereocenters. The molecule has 57 heavy (non-hydrogen) atoms. The number of nitrogens with one attached hydrogen (secondary N) is 1. The number of benzene rings is 2. The summed E-state index contributed by atoms with van der Waals surface area (Å²) in [7, 11) is -4.30. The van der Waals surface area contributed by atoms with Gasteiger partial charge in [0.2, 0.25) is 11.0 Å². The molecular formula is C39H49N7O9S2. The van der Waals surface area contributed by atoms with E-state index in [9.17, 15) is 33.2 Å². The topological polar surface area (TPSA) is 201 Å². The van der Waals surface area contributed by atoms with E-state index in [1.165, 1.54) is 53.9 Å². The monoisotopic (exact) mass is 823 g/mol. The molecule has 1 saturated heterocycles. The van der Waals surface area contributed by atoms with Gasteiger partial charge in [-0.05, 0) is 60.6 Å². The number of nitrogens with zero attached hydrogens (tertiary/aromatic N) is 6. The number of urea groups is 1. The van der Waals surface area contributed by atoms with Crippen molar-refractivity contribution < 1.29 is 37.3 Å². The van der Waals surface area contributed by atoms with Crippen LogP contribution in [0.15, 0.2) is 86.8 Å². The van der Waals surface area contributed by atoms with Crippen LogP contribution in [0, 0.1) is 28.9 Å². The van der Waals surface area contributed by atoms with Crippen molar-refractivity contribution in [2.45, 2.75) is 77.5 Å². The molecule has 3 atom stereocenters. The maximum atomic E-state index is 14.2. The summed E-state index contributed by atoms with van der Waals surface area (Å²) in [5.41, 5.74) is 2.19. The summed E-state index contributed by atoms with van der Waals surface area (Å²) in [5.74, 6) is -0.769. The molecule has 2 aromatic carbocycles. The van der Waals surface area contributed by atoms with Crippen LogP contribution in [-0.4, -0.2) is 100 Å². The zero-order chi connectivity index (χ0) is 41.3. The SMILES string of the molecule is Cc1nc(CN2CCN(C(C(=O)N[C@@H](Cc3ccccc3)[C@H](O)CN(CC(C)C)S(=O)(=O)c3ccc(C=NOCc4ccc([N+](=O)[O-])cc4)o3)C(C)C)C2=O)cs1. The number of carbonyl (C=O) groups is 2. The van der Waals surface area contributed by atoms with Crippen molar-refractivity contribution in [2.75, 3.05) is 26.2 Å². The number of thiazole rings is 1. The van der Waals surface area contributed by atoms with Crippen molar-refractivity contribution in [2.24, 2.45) is 17.0 Å². The lowest BCUT2D eigenvalue weighted by Gasteiger charge is -2.34. The fraction of sp³-hybridized carbons (Fsp3) is 0.436. The molecule has 0 aliphatic carbocycles. The third kappa shape index (κ3) is 11.5. The van der Waals surface area contributed by atoms with E-state index in [0.717, 1.165) is 20.6 Å². The predicted octanol–water partition coefficient (Wildman–Crippen LogP) is 5.20. The van der Waals surface area contributed by atoms with Crippen LogP contribution in [0.3, 0.4) is 0 Å². The molecule has 0 radical (unpaired) electrons. The summed E-state index contributed by atoms with van der Waals surface area (Å²) in [6.07, 6.45) is 0.0314. The van der Waals surface area contributed by atoms with Gasteiger partial charge in [-0.1, -0.05) is 63.2 Å². The minimum absolute atomic E-state index is 0.0127. The minimum Gasteiger partial charge on any atom is -0.442 e. The first-order chi connectivity index (χ1) is 27.1. The van der Waals surface area contributed by atoms with Gasteiger partial charge in [0.25, 0.3) is 15.7 Å². The fourth-order valence-electron chi connectivity index (χ4n) is 6.50. The number of oxime groups is 1. The molecule has 2 aromatic heterocycles. The van der Waals surface area contributed by atoms with Gasteiger partial charge in [-0.25, -0.2) is 18.2 Å². The molecule has 1 aliphatic rings. The molecule has 5 rings (SSSR count). The highest BCUT2D eigenvalue weighted by Gasteiger charge is 2.41. The first-order valence-corrected chi connectivity index (χ1v) is 20.9. The lowest BCUT2D eigenvalue weighted by molar-refractivity contribution is -0.384. The number of aromatic nitrogens is 1. The number of aliphatic hydroxyl groups is 1. The molecule has 2 N–H and O–H groups in total. The molecule has 3 amide bonds. The molecule has 18 heteroatoms. The van der Waals surface area contributed by atoms with Gasteiger partial charge in [0.1, 0.15) is 24.6 Å².